The third-order valence-electron chi connectivity index (χ3n) is 5.19. The normalized spacial score (nSPS) is 11.8. The molecule has 0 spiro atoms. The first-order valence-corrected chi connectivity index (χ1v) is 14.4. The van der Waals surface area contributed by atoms with Gasteiger partial charge in [0.1, 0.15) is 23.0 Å². The maximum atomic E-state index is 5.87. The number of unbranched alkanes of at least 4 members (excludes halogenated alkanes) is 7. The number of rotatable bonds is 19. The molecular weight excluding hydrogens is 436 g/mol. The van der Waals surface area contributed by atoms with Crippen LogP contribution in [-0.2, 0) is 24.6 Å². The Hall–Kier alpha value is -0.820. The van der Waals surface area contributed by atoms with Crippen molar-refractivity contribution in [3.05, 3.63) is 47.3 Å². The Bertz CT molecular complexity index is 652. The van der Waals surface area contributed by atoms with Crippen molar-refractivity contribution in [3.63, 3.8) is 0 Å². The van der Waals surface area contributed by atoms with Gasteiger partial charge >= 0.3 is 0 Å². The topological polar surface area (TPSA) is 32.8 Å². The molecule has 0 amide bonds. The monoisotopic (exact) mass is 480 g/mol. The molecule has 182 valence electrons. The minimum absolute atomic E-state index is 0.881. The van der Waals surface area contributed by atoms with E-state index in [0.29, 0.717) is 0 Å². The highest BCUT2D eigenvalue weighted by Crippen LogP contribution is 2.20. The molecule has 32 heavy (non-hydrogen) atoms. The largest absolute Gasteiger partial charge is 0.464 e. The van der Waals surface area contributed by atoms with Crippen LogP contribution in [0.5, 0.6) is 0 Å². The van der Waals surface area contributed by atoms with E-state index in [2.05, 4.69) is 62.3 Å². The Labute approximate surface area is 204 Å². The van der Waals surface area contributed by atoms with Gasteiger partial charge in [0.15, 0.2) is 0 Å². The average Bonchev–Trinajstić information content (AvgIpc) is 3.36. The maximum absolute atomic E-state index is 5.87. The summed E-state index contributed by atoms with van der Waals surface area (Å²) in [6.07, 6.45) is 11.0. The summed E-state index contributed by atoms with van der Waals surface area (Å²) in [6, 6.07) is 8.47. The number of hydrogen-bond acceptors (Lipinski definition) is 6. The molecule has 2 aromatic rings. The number of furan rings is 2. The Kier molecular flexibility index (Phi) is 14.3. The van der Waals surface area contributed by atoms with Crippen molar-refractivity contribution in [2.75, 3.05) is 39.7 Å². The van der Waals surface area contributed by atoms with E-state index in [9.17, 15) is 0 Å². The highest BCUT2D eigenvalue weighted by atomic mass is 32.2. The first-order valence-electron chi connectivity index (χ1n) is 12.1. The molecule has 4 nitrogen and oxygen atoms in total. The lowest BCUT2D eigenvalue weighted by atomic mass is 10.1. The Morgan fingerprint density at radius 2 is 0.875 bits per heavy atom. The van der Waals surface area contributed by atoms with Gasteiger partial charge in [-0.05, 0) is 76.8 Å². The summed E-state index contributed by atoms with van der Waals surface area (Å²) in [5, 5.41) is 0. The molecular formula is C26H44N2O2S2. The van der Waals surface area contributed by atoms with E-state index >= 15 is 0 Å². The van der Waals surface area contributed by atoms with Gasteiger partial charge in [-0.25, -0.2) is 0 Å². The summed E-state index contributed by atoms with van der Waals surface area (Å²) >= 11 is 4.00. The highest BCUT2D eigenvalue weighted by molar-refractivity contribution is 7.98. The van der Waals surface area contributed by atoms with Crippen LogP contribution in [0, 0.1) is 0 Å². The third kappa shape index (κ3) is 13.0. The second-order valence-electron chi connectivity index (χ2n) is 9.15. The van der Waals surface area contributed by atoms with Crippen molar-refractivity contribution in [3.8, 4) is 0 Å². The quantitative estimate of drug-likeness (QED) is 0.196. The van der Waals surface area contributed by atoms with E-state index in [-0.39, 0.29) is 0 Å². The zero-order valence-electron chi connectivity index (χ0n) is 20.7. The predicted molar refractivity (Wildman–Crippen MR) is 141 cm³/mol. The number of nitrogens with zero attached hydrogens (tertiary/aromatic N) is 2. The van der Waals surface area contributed by atoms with Crippen molar-refractivity contribution < 1.29 is 8.83 Å². The van der Waals surface area contributed by atoms with Crippen LogP contribution in [0.4, 0.5) is 0 Å². The molecule has 0 aliphatic carbocycles. The van der Waals surface area contributed by atoms with E-state index < -0.39 is 0 Å². The van der Waals surface area contributed by atoms with Crippen LogP contribution in [0.25, 0.3) is 0 Å². The number of thioether (sulfide) groups is 2. The second kappa shape index (κ2) is 16.7. The fourth-order valence-electron chi connectivity index (χ4n) is 3.61. The Morgan fingerprint density at radius 1 is 0.531 bits per heavy atom. The van der Waals surface area contributed by atoms with E-state index in [4.69, 9.17) is 8.83 Å². The van der Waals surface area contributed by atoms with Crippen molar-refractivity contribution >= 4 is 23.5 Å². The fourth-order valence-corrected chi connectivity index (χ4v) is 5.43. The molecule has 0 N–H and O–H groups in total. The van der Waals surface area contributed by atoms with Crippen molar-refractivity contribution in [1.82, 2.24) is 9.80 Å². The molecule has 0 aliphatic rings. The lowest BCUT2D eigenvalue weighted by molar-refractivity contribution is 0.344. The lowest BCUT2D eigenvalue weighted by Gasteiger charge is -2.06. The Morgan fingerprint density at radius 3 is 1.25 bits per heavy atom. The van der Waals surface area contributed by atoms with Gasteiger partial charge in [0.25, 0.3) is 0 Å². The summed E-state index contributed by atoms with van der Waals surface area (Å²) in [6.45, 7) is 1.76. The van der Waals surface area contributed by atoms with Gasteiger partial charge in [-0.15, -0.1) is 0 Å². The van der Waals surface area contributed by atoms with E-state index in [1.165, 1.54) is 62.9 Å². The van der Waals surface area contributed by atoms with Gasteiger partial charge in [0.2, 0.25) is 0 Å². The highest BCUT2D eigenvalue weighted by Gasteiger charge is 2.04. The minimum Gasteiger partial charge on any atom is -0.464 e. The van der Waals surface area contributed by atoms with Crippen LogP contribution in [-0.4, -0.2) is 49.5 Å². The molecule has 0 fully saturated rings. The zero-order chi connectivity index (χ0) is 23.0. The molecule has 2 rings (SSSR count). The van der Waals surface area contributed by atoms with Crippen LogP contribution in [0.1, 0.15) is 74.4 Å². The molecule has 0 saturated heterocycles. The van der Waals surface area contributed by atoms with Gasteiger partial charge in [-0.1, -0.05) is 38.5 Å². The van der Waals surface area contributed by atoms with Crippen molar-refractivity contribution in [2.24, 2.45) is 0 Å². The summed E-state index contributed by atoms with van der Waals surface area (Å²) < 4.78 is 11.7. The summed E-state index contributed by atoms with van der Waals surface area (Å²) in [7, 11) is 8.28. The first-order chi connectivity index (χ1) is 15.5. The molecule has 0 bridgehead atoms. The number of hydrogen-bond donors (Lipinski definition) is 0. The maximum Gasteiger partial charge on any atom is 0.118 e. The summed E-state index contributed by atoms with van der Waals surface area (Å²) in [5.74, 6) is 8.85. The molecule has 6 heteroatoms. The van der Waals surface area contributed by atoms with Crippen LogP contribution in [0.3, 0.4) is 0 Å². The van der Waals surface area contributed by atoms with Crippen LogP contribution >= 0.6 is 23.5 Å². The Balaban J connectivity index is 1.32. The second-order valence-corrected chi connectivity index (χ2v) is 11.4. The van der Waals surface area contributed by atoms with Gasteiger partial charge in [-0.2, -0.15) is 23.5 Å². The van der Waals surface area contributed by atoms with Crippen LogP contribution in [0.15, 0.2) is 33.1 Å². The van der Waals surface area contributed by atoms with E-state index in [1.807, 2.05) is 23.5 Å². The molecule has 2 aromatic heterocycles. The van der Waals surface area contributed by atoms with E-state index in [1.54, 1.807) is 0 Å². The lowest BCUT2D eigenvalue weighted by Crippen LogP contribution is -2.09. The van der Waals surface area contributed by atoms with E-state index in [0.717, 1.165) is 47.6 Å². The predicted octanol–water partition coefficient (Wildman–Crippen LogP) is 7.28. The summed E-state index contributed by atoms with van der Waals surface area (Å²) in [4.78, 5) is 4.28. The smallest absolute Gasteiger partial charge is 0.118 e. The first kappa shape index (κ1) is 27.4. The molecule has 0 radical (unpaired) electrons. The van der Waals surface area contributed by atoms with Gasteiger partial charge < -0.3 is 18.6 Å². The fraction of sp³-hybridized carbons (Fsp3) is 0.692. The van der Waals surface area contributed by atoms with Gasteiger partial charge in [-0.3, -0.25) is 0 Å². The van der Waals surface area contributed by atoms with Crippen molar-refractivity contribution in [2.45, 2.75) is 76.0 Å². The van der Waals surface area contributed by atoms with Gasteiger partial charge in [0.05, 0.1) is 24.6 Å². The van der Waals surface area contributed by atoms with Crippen molar-refractivity contribution in [1.29, 1.82) is 0 Å². The summed E-state index contributed by atoms with van der Waals surface area (Å²) in [5.41, 5.74) is 0. The molecule has 0 saturated carbocycles. The third-order valence-corrected chi connectivity index (χ3v) is 7.33. The van der Waals surface area contributed by atoms with Gasteiger partial charge in [0, 0.05) is 0 Å². The SMILES string of the molecule is CN(C)Cc1ccc(CSCCCCCCCCCCSCc2ccc(CN(C)C)o2)o1. The molecule has 0 aliphatic heterocycles. The zero-order valence-corrected chi connectivity index (χ0v) is 22.4. The average molecular weight is 481 g/mol. The minimum atomic E-state index is 0.881. The van der Waals surface area contributed by atoms with Crippen LogP contribution < -0.4 is 0 Å². The molecule has 0 atom stereocenters. The standard InChI is InChI=1S/C26H44N2O2S2/c1-27(2)19-23-13-15-25(29-23)21-31-17-11-9-7-5-6-8-10-12-18-32-22-26-16-14-24(30-26)20-28(3)4/h13-16H,5-12,17-22H2,1-4H3. The molecule has 0 aromatic carbocycles. The molecule has 0 unspecified atom stereocenters. The molecule has 2 heterocycles. The van der Waals surface area contributed by atoms with Crippen LogP contribution in [0.2, 0.25) is 0 Å².